The van der Waals surface area contributed by atoms with E-state index in [4.69, 9.17) is 18.6 Å². The number of carbonyl (C=O) groups excluding carboxylic acids is 2. The smallest absolute Gasteiger partial charge is 0.433 e. The van der Waals surface area contributed by atoms with E-state index in [0.29, 0.717) is 22.8 Å². The molecule has 0 aliphatic carbocycles. The van der Waals surface area contributed by atoms with Crippen molar-refractivity contribution in [2.24, 2.45) is 0 Å². The summed E-state index contributed by atoms with van der Waals surface area (Å²) in [5.74, 6) is -1.02. The third kappa shape index (κ3) is 3.39. The molecule has 0 atom stereocenters. The number of esters is 1. The van der Waals surface area contributed by atoms with Crippen molar-refractivity contribution in [3.05, 3.63) is 69.2 Å². The van der Waals surface area contributed by atoms with E-state index in [9.17, 15) is 19.7 Å². The number of carbonyl (C=O) groups is 2. The van der Waals surface area contributed by atoms with E-state index in [1.807, 2.05) is 23.6 Å². The second kappa shape index (κ2) is 7.39. The van der Waals surface area contributed by atoms with Crippen LogP contribution in [0.4, 0.5) is 5.88 Å². The van der Waals surface area contributed by atoms with Crippen molar-refractivity contribution in [2.45, 2.75) is 13.8 Å². The second-order valence-electron chi connectivity index (χ2n) is 6.55. The number of Topliss-reactive ketones (excluding diaryl/α,β-unsaturated/α-hetero) is 1. The first-order valence-electron chi connectivity index (χ1n) is 8.88. The maximum absolute atomic E-state index is 12.6. The number of hydrogen-bond acceptors (Lipinski definition) is 8. The Bertz CT molecular complexity index is 1170. The lowest BCUT2D eigenvalue weighted by molar-refractivity contribution is -0.402. The molecule has 1 aliphatic rings. The van der Waals surface area contributed by atoms with Crippen LogP contribution in [-0.2, 0) is 4.74 Å². The number of aromatic nitrogens is 1. The van der Waals surface area contributed by atoms with Gasteiger partial charge in [-0.3, -0.25) is 14.9 Å². The van der Waals surface area contributed by atoms with Crippen LogP contribution in [0.25, 0.3) is 5.69 Å². The summed E-state index contributed by atoms with van der Waals surface area (Å²) in [6.07, 6.45) is 0. The van der Waals surface area contributed by atoms with Crippen molar-refractivity contribution < 1.29 is 33.1 Å². The Morgan fingerprint density at radius 2 is 1.90 bits per heavy atom. The maximum Gasteiger partial charge on any atom is 0.433 e. The summed E-state index contributed by atoms with van der Waals surface area (Å²) in [4.78, 5) is 34.5. The van der Waals surface area contributed by atoms with Gasteiger partial charge in [-0.15, -0.1) is 0 Å². The first-order valence-corrected chi connectivity index (χ1v) is 8.88. The SMILES string of the molecule is Cc1cc(C(=O)COC(=O)c2ccc([N+](=O)[O-])o2)c(C)n1-c1ccc2c(c1)OCO2. The number of furan rings is 1. The van der Waals surface area contributed by atoms with Crippen LogP contribution < -0.4 is 9.47 Å². The van der Waals surface area contributed by atoms with E-state index in [0.717, 1.165) is 23.5 Å². The van der Waals surface area contributed by atoms with Gasteiger partial charge in [-0.1, -0.05) is 0 Å². The van der Waals surface area contributed by atoms with Gasteiger partial charge in [0, 0.05) is 28.7 Å². The Kier molecular flexibility index (Phi) is 4.74. The molecule has 3 heterocycles. The molecule has 0 bridgehead atoms. The number of ketones is 1. The maximum atomic E-state index is 12.6. The monoisotopic (exact) mass is 412 g/mol. The Balaban J connectivity index is 1.50. The van der Waals surface area contributed by atoms with Crippen LogP contribution in [0.1, 0.15) is 32.3 Å². The number of ether oxygens (including phenoxy) is 3. The molecule has 0 unspecified atom stereocenters. The second-order valence-corrected chi connectivity index (χ2v) is 6.55. The zero-order valence-electron chi connectivity index (χ0n) is 16.0. The van der Waals surface area contributed by atoms with Crippen LogP contribution in [0.5, 0.6) is 11.5 Å². The molecular weight excluding hydrogens is 396 g/mol. The summed E-state index contributed by atoms with van der Waals surface area (Å²) in [7, 11) is 0. The standard InChI is InChI=1S/C20H16N2O8/c1-11-7-14(12(2)21(11)13-3-4-16-18(8-13)29-10-28-16)15(23)9-27-20(24)17-5-6-19(30-17)22(25)26/h3-8H,9-10H2,1-2H3. The largest absolute Gasteiger partial charge is 0.454 e. The molecule has 3 aromatic rings. The molecule has 0 saturated heterocycles. The van der Waals surface area contributed by atoms with E-state index in [-0.39, 0.29) is 12.6 Å². The molecule has 0 amide bonds. The number of fused-ring (bicyclic) bond motifs is 1. The summed E-state index contributed by atoms with van der Waals surface area (Å²) in [5, 5.41) is 10.6. The molecule has 0 N–H and O–H groups in total. The topological polar surface area (TPSA) is 123 Å². The van der Waals surface area contributed by atoms with E-state index in [1.165, 1.54) is 0 Å². The first kappa shape index (κ1) is 19.2. The lowest BCUT2D eigenvalue weighted by Gasteiger charge is -2.10. The zero-order chi connectivity index (χ0) is 21.4. The van der Waals surface area contributed by atoms with Gasteiger partial charge in [0.05, 0.1) is 6.07 Å². The van der Waals surface area contributed by atoms with Crippen molar-refractivity contribution in [1.29, 1.82) is 0 Å². The lowest BCUT2D eigenvalue weighted by Crippen LogP contribution is -2.14. The molecule has 0 saturated carbocycles. The number of rotatable bonds is 6. The number of nitrogens with zero attached hydrogens (tertiary/aromatic N) is 2. The molecule has 0 fully saturated rings. The summed E-state index contributed by atoms with van der Waals surface area (Å²) in [6.45, 7) is 3.26. The molecule has 10 nitrogen and oxygen atoms in total. The summed E-state index contributed by atoms with van der Waals surface area (Å²) >= 11 is 0. The van der Waals surface area contributed by atoms with Crippen molar-refractivity contribution in [3.8, 4) is 17.2 Å². The highest BCUT2D eigenvalue weighted by Gasteiger charge is 2.22. The molecule has 30 heavy (non-hydrogen) atoms. The van der Waals surface area contributed by atoms with Crippen LogP contribution in [0, 0.1) is 24.0 Å². The molecule has 2 aromatic heterocycles. The van der Waals surface area contributed by atoms with E-state index >= 15 is 0 Å². The average Bonchev–Trinajstić information content (AvgIpc) is 3.44. The highest BCUT2D eigenvalue weighted by Crippen LogP contribution is 2.35. The van der Waals surface area contributed by atoms with Crippen LogP contribution in [-0.4, -0.2) is 34.6 Å². The normalized spacial score (nSPS) is 12.1. The summed E-state index contributed by atoms with van der Waals surface area (Å²) < 4.78 is 22.3. The third-order valence-corrected chi connectivity index (χ3v) is 4.65. The van der Waals surface area contributed by atoms with Gasteiger partial charge in [0.15, 0.2) is 18.1 Å². The summed E-state index contributed by atoms with van der Waals surface area (Å²) in [6, 6.07) is 9.33. The minimum atomic E-state index is -0.957. The lowest BCUT2D eigenvalue weighted by atomic mass is 10.1. The van der Waals surface area contributed by atoms with E-state index < -0.39 is 29.2 Å². The van der Waals surface area contributed by atoms with Gasteiger partial charge in [0.1, 0.15) is 4.92 Å². The fourth-order valence-electron chi connectivity index (χ4n) is 3.28. The van der Waals surface area contributed by atoms with Crippen molar-refractivity contribution in [2.75, 3.05) is 13.4 Å². The summed E-state index contributed by atoms with van der Waals surface area (Å²) in [5.41, 5.74) is 2.67. The third-order valence-electron chi connectivity index (χ3n) is 4.65. The van der Waals surface area contributed by atoms with Crippen LogP contribution in [0.15, 0.2) is 40.8 Å². The fraction of sp³-hybridized carbons (Fsp3) is 0.200. The van der Waals surface area contributed by atoms with E-state index in [1.54, 1.807) is 19.1 Å². The predicted molar refractivity (Wildman–Crippen MR) is 101 cm³/mol. The minimum Gasteiger partial charge on any atom is -0.454 e. The van der Waals surface area contributed by atoms with Gasteiger partial charge >= 0.3 is 11.9 Å². The van der Waals surface area contributed by atoms with Gasteiger partial charge in [-0.25, -0.2) is 4.79 Å². The zero-order valence-corrected chi connectivity index (χ0v) is 16.0. The Hall–Kier alpha value is -4.08. The molecule has 1 aromatic carbocycles. The van der Waals surface area contributed by atoms with Crippen LogP contribution >= 0.6 is 0 Å². The average molecular weight is 412 g/mol. The Morgan fingerprint density at radius 1 is 1.13 bits per heavy atom. The quantitative estimate of drug-likeness (QED) is 0.261. The predicted octanol–water partition coefficient (Wildman–Crippen LogP) is 3.36. The number of benzene rings is 1. The molecule has 0 spiro atoms. The van der Waals surface area contributed by atoms with Gasteiger partial charge in [0.25, 0.3) is 0 Å². The van der Waals surface area contributed by atoms with Crippen molar-refractivity contribution >= 4 is 17.6 Å². The highest BCUT2D eigenvalue weighted by atomic mass is 16.7. The van der Waals surface area contributed by atoms with Crippen LogP contribution in [0.3, 0.4) is 0 Å². The van der Waals surface area contributed by atoms with Crippen LogP contribution in [0.2, 0.25) is 0 Å². The van der Waals surface area contributed by atoms with Gasteiger partial charge in [0.2, 0.25) is 18.3 Å². The minimum absolute atomic E-state index is 0.163. The van der Waals surface area contributed by atoms with E-state index in [2.05, 4.69) is 0 Å². The Labute approximate surface area is 169 Å². The molecule has 0 radical (unpaired) electrons. The number of aryl methyl sites for hydroxylation is 1. The molecular formula is C20H16N2O8. The molecule has 1 aliphatic heterocycles. The fourth-order valence-corrected chi connectivity index (χ4v) is 3.28. The van der Waals surface area contributed by atoms with Crippen molar-refractivity contribution in [1.82, 2.24) is 4.57 Å². The van der Waals surface area contributed by atoms with Gasteiger partial charge in [-0.2, -0.15) is 0 Å². The molecule has 10 heteroatoms. The van der Waals surface area contributed by atoms with Gasteiger partial charge < -0.3 is 23.2 Å². The number of hydrogen-bond donors (Lipinski definition) is 0. The van der Waals surface area contributed by atoms with Gasteiger partial charge in [-0.05, 0) is 38.1 Å². The molecule has 4 rings (SSSR count). The number of nitro groups is 1. The molecule has 154 valence electrons. The highest BCUT2D eigenvalue weighted by molar-refractivity contribution is 6.00. The van der Waals surface area contributed by atoms with Crippen molar-refractivity contribution in [3.63, 3.8) is 0 Å². The Morgan fingerprint density at radius 3 is 2.63 bits per heavy atom. The first-order chi connectivity index (χ1) is 14.3.